The summed E-state index contributed by atoms with van der Waals surface area (Å²) in [6, 6.07) is 0. The van der Waals surface area contributed by atoms with Gasteiger partial charge < -0.3 is 5.11 Å². The number of aliphatic hydroxyl groups is 1. The number of aliphatic hydroxyl groups excluding tert-OH is 1. The van der Waals surface area contributed by atoms with Crippen LogP contribution < -0.4 is 0 Å². The highest BCUT2D eigenvalue weighted by Crippen LogP contribution is 2.49. The summed E-state index contributed by atoms with van der Waals surface area (Å²) >= 11 is 0. The molecular formula is C15H26O. The molecule has 1 heteroatoms. The first kappa shape index (κ1) is 13.5. The minimum atomic E-state index is -0.288. The second kappa shape index (κ2) is 4.75. The van der Waals surface area contributed by atoms with E-state index in [0.717, 1.165) is 18.4 Å². The van der Waals surface area contributed by atoms with Gasteiger partial charge in [-0.05, 0) is 38.5 Å². The lowest BCUT2D eigenvalue weighted by Gasteiger charge is -2.47. The van der Waals surface area contributed by atoms with E-state index in [4.69, 9.17) is 0 Å². The van der Waals surface area contributed by atoms with Crippen molar-refractivity contribution in [3.05, 3.63) is 23.8 Å². The van der Waals surface area contributed by atoms with Crippen molar-refractivity contribution in [1.82, 2.24) is 0 Å². The number of hydrogen-bond acceptors (Lipinski definition) is 1. The molecule has 0 radical (unpaired) electrons. The summed E-state index contributed by atoms with van der Waals surface area (Å²) in [6.07, 6.45) is 4.14. The Hall–Kier alpha value is -0.560. The van der Waals surface area contributed by atoms with Crippen molar-refractivity contribution in [2.24, 2.45) is 17.3 Å². The van der Waals surface area contributed by atoms with Gasteiger partial charge >= 0.3 is 0 Å². The third-order valence-corrected chi connectivity index (χ3v) is 4.23. The molecule has 0 spiro atoms. The van der Waals surface area contributed by atoms with Crippen LogP contribution in [0.1, 0.15) is 47.5 Å². The number of allylic oxidation sites excluding steroid dienone is 2. The fourth-order valence-corrected chi connectivity index (χ4v) is 3.16. The second-order valence-electron chi connectivity index (χ2n) is 5.81. The fourth-order valence-electron chi connectivity index (χ4n) is 3.16. The molecule has 0 fully saturated rings. The zero-order chi connectivity index (χ0) is 12.5. The SMILES string of the molecule is C=C(C)C1(C(O)C(C)C)CCC(C)=CC1C. The predicted molar refractivity (Wildman–Crippen MR) is 70.2 cm³/mol. The summed E-state index contributed by atoms with van der Waals surface area (Å²) in [6.45, 7) is 14.8. The molecular weight excluding hydrogens is 196 g/mol. The summed E-state index contributed by atoms with van der Waals surface area (Å²) in [5.41, 5.74) is 2.46. The Morgan fingerprint density at radius 2 is 2.12 bits per heavy atom. The van der Waals surface area contributed by atoms with Crippen molar-refractivity contribution in [3.8, 4) is 0 Å². The molecule has 16 heavy (non-hydrogen) atoms. The molecule has 0 aromatic heterocycles. The average molecular weight is 222 g/mol. The quantitative estimate of drug-likeness (QED) is 0.717. The molecule has 1 aliphatic carbocycles. The molecule has 0 heterocycles. The smallest absolute Gasteiger partial charge is 0.0661 e. The van der Waals surface area contributed by atoms with E-state index in [1.807, 2.05) is 0 Å². The summed E-state index contributed by atoms with van der Waals surface area (Å²) in [4.78, 5) is 0. The van der Waals surface area contributed by atoms with Crippen LogP contribution in [0.2, 0.25) is 0 Å². The third-order valence-electron chi connectivity index (χ3n) is 4.23. The van der Waals surface area contributed by atoms with Crippen molar-refractivity contribution in [1.29, 1.82) is 0 Å². The molecule has 3 atom stereocenters. The topological polar surface area (TPSA) is 20.2 Å². The lowest BCUT2D eigenvalue weighted by atomic mass is 9.59. The lowest BCUT2D eigenvalue weighted by Crippen LogP contribution is -2.45. The summed E-state index contributed by atoms with van der Waals surface area (Å²) in [5.74, 6) is 0.669. The molecule has 3 unspecified atom stereocenters. The van der Waals surface area contributed by atoms with Crippen molar-refractivity contribution in [2.45, 2.75) is 53.6 Å². The fraction of sp³-hybridized carbons (Fsp3) is 0.733. The molecule has 0 amide bonds. The number of rotatable bonds is 3. The maximum Gasteiger partial charge on any atom is 0.0661 e. The van der Waals surface area contributed by atoms with Gasteiger partial charge in [-0.1, -0.05) is 44.6 Å². The van der Waals surface area contributed by atoms with E-state index in [1.54, 1.807) is 0 Å². The van der Waals surface area contributed by atoms with Gasteiger partial charge in [0.05, 0.1) is 6.10 Å². The van der Waals surface area contributed by atoms with Crippen LogP contribution in [0.4, 0.5) is 0 Å². The van der Waals surface area contributed by atoms with Crippen LogP contribution in [0, 0.1) is 17.3 Å². The van der Waals surface area contributed by atoms with E-state index < -0.39 is 0 Å². The molecule has 1 rings (SSSR count). The van der Waals surface area contributed by atoms with E-state index in [9.17, 15) is 5.11 Å². The highest BCUT2D eigenvalue weighted by atomic mass is 16.3. The zero-order valence-electron chi connectivity index (χ0n) is 11.4. The molecule has 1 aliphatic rings. The summed E-state index contributed by atoms with van der Waals surface area (Å²) in [5, 5.41) is 10.5. The van der Waals surface area contributed by atoms with E-state index in [1.165, 1.54) is 5.57 Å². The standard InChI is InChI=1S/C15H26O/c1-10(2)14(16)15(11(3)4)8-7-12(5)9-13(15)6/h9-10,13-14,16H,3,7-8H2,1-2,4-6H3. The van der Waals surface area contributed by atoms with E-state index in [2.05, 4.69) is 47.3 Å². The molecule has 0 aromatic rings. The van der Waals surface area contributed by atoms with E-state index >= 15 is 0 Å². The van der Waals surface area contributed by atoms with Crippen LogP contribution in [0.15, 0.2) is 23.8 Å². The Morgan fingerprint density at radius 1 is 1.56 bits per heavy atom. The maximum atomic E-state index is 10.5. The lowest BCUT2D eigenvalue weighted by molar-refractivity contribution is -0.0165. The number of hydrogen-bond donors (Lipinski definition) is 1. The van der Waals surface area contributed by atoms with Gasteiger partial charge in [-0.15, -0.1) is 0 Å². The normalized spacial score (nSPS) is 32.4. The highest BCUT2D eigenvalue weighted by Gasteiger charge is 2.45. The zero-order valence-corrected chi connectivity index (χ0v) is 11.4. The average Bonchev–Trinajstić information content (AvgIpc) is 2.16. The van der Waals surface area contributed by atoms with Crippen LogP contribution in [-0.2, 0) is 0 Å². The first-order valence-corrected chi connectivity index (χ1v) is 6.33. The monoisotopic (exact) mass is 222 g/mol. The van der Waals surface area contributed by atoms with Gasteiger partial charge in [0.15, 0.2) is 0 Å². The molecule has 1 nitrogen and oxygen atoms in total. The molecule has 0 saturated heterocycles. The van der Waals surface area contributed by atoms with Crippen molar-refractivity contribution in [3.63, 3.8) is 0 Å². The first-order chi connectivity index (χ1) is 7.32. The predicted octanol–water partition coefficient (Wildman–Crippen LogP) is 3.94. The highest BCUT2D eigenvalue weighted by molar-refractivity contribution is 5.22. The molecule has 0 aromatic carbocycles. The second-order valence-corrected chi connectivity index (χ2v) is 5.81. The van der Waals surface area contributed by atoms with Gasteiger partial charge in [-0.25, -0.2) is 0 Å². The van der Waals surface area contributed by atoms with Crippen LogP contribution >= 0.6 is 0 Å². The van der Waals surface area contributed by atoms with Crippen LogP contribution in [0.25, 0.3) is 0 Å². The van der Waals surface area contributed by atoms with E-state index in [-0.39, 0.29) is 17.4 Å². The maximum absolute atomic E-state index is 10.5. The van der Waals surface area contributed by atoms with Crippen molar-refractivity contribution < 1.29 is 5.11 Å². The van der Waals surface area contributed by atoms with Crippen molar-refractivity contribution >= 4 is 0 Å². The van der Waals surface area contributed by atoms with Gasteiger partial charge in [0.25, 0.3) is 0 Å². The van der Waals surface area contributed by atoms with Gasteiger partial charge in [0.1, 0.15) is 0 Å². The summed E-state index contributed by atoms with van der Waals surface area (Å²) in [7, 11) is 0. The molecule has 92 valence electrons. The Morgan fingerprint density at radius 3 is 2.50 bits per heavy atom. The third kappa shape index (κ3) is 2.10. The Kier molecular flexibility index (Phi) is 4.01. The van der Waals surface area contributed by atoms with Crippen molar-refractivity contribution in [2.75, 3.05) is 0 Å². The van der Waals surface area contributed by atoms with Gasteiger partial charge in [0.2, 0.25) is 0 Å². The van der Waals surface area contributed by atoms with Gasteiger partial charge in [0, 0.05) is 5.41 Å². The van der Waals surface area contributed by atoms with E-state index in [0.29, 0.717) is 5.92 Å². The van der Waals surface area contributed by atoms with Crippen LogP contribution in [0.5, 0.6) is 0 Å². The van der Waals surface area contributed by atoms with Crippen LogP contribution in [0.3, 0.4) is 0 Å². The molecule has 0 aliphatic heterocycles. The Labute approximate surface area is 100 Å². The largest absolute Gasteiger partial charge is 0.392 e. The minimum absolute atomic E-state index is 0.117. The Bertz CT molecular complexity index is 301. The molecule has 0 saturated carbocycles. The Balaban J connectivity index is 3.13. The van der Waals surface area contributed by atoms with Gasteiger partial charge in [-0.2, -0.15) is 0 Å². The van der Waals surface area contributed by atoms with Gasteiger partial charge in [-0.3, -0.25) is 0 Å². The minimum Gasteiger partial charge on any atom is -0.392 e. The molecule has 1 N–H and O–H groups in total. The summed E-state index contributed by atoms with van der Waals surface area (Å²) < 4.78 is 0. The van der Waals surface area contributed by atoms with Crippen LogP contribution in [-0.4, -0.2) is 11.2 Å². The molecule has 0 bridgehead atoms. The first-order valence-electron chi connectivity index (χ1n) is 6.33.